The Morgan fingerprint density at radius 3 is 2.73 bits per heavy atom. The number of hydrogen-bond donors (Lipinski definition) is 1. The molecule has 1 N–H and O–H groups in total. The minimum atomic E-state index is -0.236. The molecular formula is C23H27N5O2. The lowest BCUT2D eigenvalue weighted by atomic mass is 10.2. The molecule has 3 aromatic rings. The monoisotopic (exact) mass is 405 g/mol. The SMILES string of the molecule is COc1ccccc1NC(=O)N(Cc1nnc2n1CCCCC2)c1ccccc1C. The van der Waals surface area contributed by atoms with E-state index in [4.69, 9.17) is 4.74 Å². The number of benzene rings is 2. The molecule has 0 bridgehead atoms. The zero-order valence-corrected chi connectivity index (χ0v) is 17.5. The van der Waals surface area contributed by atoms with Gasteiger partial charge in [0.05, 0.1) is 19.3 Å². The zero-order chi connectivity index (χ0) is 20.9. The number of rotatable bonds is 5. The number of aromatic nitrogens is 3. The number of carbonyl (C=O) groups is 1. The van der Waals surface area contributed by atoms with Crippen molar-refractivity contribution in [1.82, 2.24) is 14.8 Å². The summed E-state index contributed by atoms with van der Waals surface area (Å²) in [6.07, 6.45) is 4.37. The molecule has 0 spiro atoms. The standard InChI is InChI=1S/C23H27N5O2/c1-17-10-5-7-12-19(17)28(23(29)24-18-11-6-8-13-20(18)30-2)16-22-26-25-21-14-4-3-9-15-27(21)22/h5-8,10-13H,3-4,9,14-16H2,1-2H3,(H,24,29). The minimum Gasteiger partial charge on any atom is -0.495 e. The number of aryl methyl sites for hydroxylation is 2. The van der Waals surface area contributed by atoms with E-state index in [2.05, 4.69) is 20.1 Å². The molecule has 7 nitrogen and oxygen atoms in total. The van der Waals surface area contributed by atoms with Crippen molar-refractivity contribution >= 4 is 17.4 Å². The van der Waals surface area contributed by atoms with E-state index in [-0.39, 0.29) is 6.03 Å². The van der Waals surface area contributed by atoms with E-state index in [1.165, 1.54) is 6.42 Å². The van der Waals surface area contributed by atoms with Crippen molar-refractivity contribution in [2.45, 2.75) is 45.7 Å². The Morgan fingerprint density at radius 2 is 1.90 bits per heavy atom. The molecule has 4 rings (SSSR count). The average molecular weight is 406 g/mol. The van der Waals surface area contributed by atoms with Gasteiger partial charge in [0.25, 0.3) is 0 Å². The summed E-state index contributed by atoms with van der Waals surface area (Å²) < 4.78 is 7.57. The Bertz CT molecular complexity index is 1030. The summed E-state index contributed by atoms with van der Waals surface area (Å²) >= 11 is 0. The number of carbonyl (C=O) groups excluding carboxylic acids is 1. The number of ether oxygens (including phenoxy) is 1. The van der Waals surface area contributed by atoms with Crippen molar-refractivity contribution in [3.05, 3.63) is 65.7 Å². The largest absolute Gasteiger partial charge is 0.495 e. The maximum Gasteiger partial charge on any atom is 0.326 e. The lowest BCUT2D eigenvalue weighted by Gasteiger charge is -2.25. The highest BCUT2D eigenvalue weighted by Gasteiger charge is 2.23. The molecule has 30 heavy (non-hydrogen) atoms. The zero-order valence-electron chi connectivity index (χ0n) is 17.5. The summed E-state index contributed by atoms with van der Waals surface area (Å²) in [5.41, 5.74) is 2.49. The van der Waals surface area contributed by atoms with Crippen LogP contribution in [0.2, 0.25) is 0 Å². The fourth-order valence-electron chi connectivity index (χ4n) is 3.87. The molecule has 0 fully saturated rings. The summed E-state index contributed by atoms with van der Waals surface area (Å²) in [5.74, 6) is 2.44. The Hall–Kier alpha value is -3.35. The maximum absolute atomic E-state index is 13.4. The van der Waals surface area contributed by atoms with Crippen LogP contribution >= 0.6 is 0 Å². The predicted molar refractivity (Wildman–Crippen MR) is 117 cm³/mol. The van der Waals surface area contributed by atoms with Crippen LogP contribution in [0.1, 0.15) is 36.5 Å². The Kier molecular flexibility index (Phi) is 5.97. The predicted octanol–water partition coefficient (Wildman–Crippen LogP) is 4.56. The van der Waals surface area contributed by atoms with Crippen molar-refractivity contribution in [3.8, 4) is 5.75 Å². The van der Waals surface area contributed by atoms with Crippen molar-refractivity contribution in [2.24, 2.45) is 0 Å². The second-order valence-corrected chi connectivity index (χ2v) is 7.50. The number of urea groups is 1. The minimum absolute atomic E-state index is 0.236. The van der Waals surface area contributed by atoms with Crippen molar-refractivity contribution in [2.75, 3.05) is 17.3 Å². The summed E-state index contributed by atoms with van der Waals surface area (Å²) in [4.78, 5) is 15.1. The van der Waals surface area contributed by atoms with Crippen LogP contribution in [-0.2, 0) is 19.5 Å². The number of methoxy groups -OCH3 is 1. The van der Waals surface area contributed by atoms with Crippen molar-refractivity contribution in [1.29, 1.82) is 0 Å². The highest BCUT2D eigenvalue weighted by atomic mass is 16.5. The van der Waals surface area contributed by atoms with Gasteiger partial charge in [0, 0.05) is 18.7 Å². The molecule has 0 saturated heterocycles. The molecule has 2 heterocycles. The number of hydrogen-bond acceptors (Lipinski definition) is 4. The van der Waals surface area contributed by atoms with E-state index in [0.717, 1.165) is 48.7 Å². The summed E-state index contributed by atoms with van der Waals surface area (Å²) in [6, 6.07) is 15.0. The Labute approximate surface area is 176 Å². The van der Waals surface area contributed by atoms with Gasteiger partial charge in [-0.15, -0.1) is 10.2 Å². The van der Waals surface area contributed by atoms with Gasteiger partial charge in [0.15, 0.2) is 5.82 Å². The number of para-hydroxylation sites is 3. The number of nitrogens with one attached hydrogen (secondary N) is 1. The smallest absolute Gasteiger partial charge is 0.326 e. The van der Waals surface area contributed by atoms with Crippen LogP contribution in [0, 0.1) is 6.92 Å². The van der Waals surface area contributed by atoms with Gasteiger partial charge in [-0.1, -0.05) is 36.8 Å². The number of anilines is 2. The first-order chi connectivity index (χ1) is 14.7. The highest BCUT2D eigenvalue weighted by Crippen LogP contribution is 2.27. The normalized spacial score (nSPS) is 13.3. The van der Waals surface area contributed by atoms with Crippen LogP contribution < -0.4 is 15.0 Å². The van der Waals surface area contributed by atoms with E-state index in [1.54, 1.807) is 12.0 Å². The summed E-state index contributed by atoms with van der Waals surface area (Å²) in [6.45, 7) is 3.25. The van der Waals surface area contributed by atoms with Crippen LogP contribution in [0.5, 0.6) is 5.75 Å². The van der Waals surface area contributed by atoms with Crippen LogP contribution in [0.15, 0.2) is 48.5 Å². The lowest BCUT2D eigenvalue weighted by Crippen LogP contribution is -2.36. The average Bonchev–Trinajstić information content (AvgIpc) is 2.98. The van der Waals surface area contributed by atoms with E-state index < -0.39 is 0 Å². The van der Waals surface area contributed by atoms with Gasteiger partial charge in [-0.05, 0) is 43.5 Å². The maximum atomic E-state index is 13.4. The van der Waals surface area contributed by atoms with E-state index in [0.29, 0.717) is 18.0 Å². The molecule has 1 aliphatic heterocycles. The molecule has 0 aliphatic carbocycles. The molecule has 2 amide bonds. The van der Waals surface area contributed by atoms with Gasteiger partial charge in [-0.2, -0.15) is 0 Å². The molecule has 0 atom stereocenters. The topological polar surface area (TPSA) is 72.3 Å². The van der Waals surface area contributed by atoms with E-state index in [9.17, 15) is 4.79 Å². The first kappa shape index (κ1) is 19.9. The van der Waals surface area contributed by atoms with Crippen LogP contribution in [0.3, 0.4) is 0 Å². The lowest BCUT2D eigenvalue weighted by molar-refractivity contribution is 0.256. The van der Waals surface area contributed by atoms with Crippen LogP contribution in [0.4, 0.5) is 16.2 Å². The van der Waals surface area contributed by atoms with Gasteiger partial charge < -0.3 is 14.6 Å². The van der Waals surface area contributed by atoms with E-state index in [1.807, 2.05) is 55.5 Å². The molecule has 7 heteroatoms. The first-order valence-corrected chi connectivity index (χ1v) is 10.4. The second kappa shape index (κ2) is 8.98. The number of nitrogens with zero attached hydrogens (tertiary/aromatic N) is 4. The van der Waals surface area contributed by atoms with Gasteiger partial charge >= 0.3 is 6.03 Å². The Morgan fingerprint density at radius 1 is 1.10 bits per heavy atom. The first-order valence-electron chi connectivity index (χ1n) is 10.4. The highest BCUT2D eigenvalue weighted by molar-refractivity contribution is 6.02. The molecule has 2 aromatic carbocycles. The van der Waals surface area contributed by atoms with Crippen LogP contribution in [0.25, 0.3) is 0 Å². The number of amides is 2. The third kappa shape index (κ3) is 4.15. The van der Waals surface area contributed by atoms with Gasteiger partial charge in [-0.3, -0.25) is 4.90 Å². The molecule has 1 aliphatic rings. The third-order valence-corrected chi connectivity index (χ3v) is 5.49. The van der Waals surface area contributed by atoms with Crippen LogP contribution in [-0.4, -0.2) is 27.9 Å². The Balaban J connectivity index is 1.66. The summed E-state index contributed by atoms with van der Waals surface area (Å²) in [5, 5.41) is 11.8. The molecule has 0 saturated carbocycles. The number of fused-ring (bicyclic) bond motifs is 1. The molecular weight excluding hydrogens is 378 g/mol. The molecule has 156 valence electrons. The molecule has 0 radical (unpaired) electrons. The van der Waals surface area contributed by atoms with Crippen molar-refractivity contribution < 1.29 is 9.53 Å². The molecule has 1 aromatic heterocycles. The fraction of sp³-hybridized carbons (Fsp3) is 0.348. The summed E-state index contributed by atoms with van der Waals surface area (Å²) in [7, 11) is 1.59. The van der Waals surface area contributed by atoms with Gasteiger partial charge in [0.1, 0.15) is 11.6 Å². The quantitative estimate of drug-likeness (QED) is 0.675. The second-order valence-electron chi connectivity index (χ2n) is 7.50. The van der Waals surface area contributed by atoms with E-state index >= 15 is 0 Å². The van der Waals surface area contributed by atoms with Gasteiger partial charge in [0.2, 0.25) is 0 Å². The van der Waals surface area contributed by atoms with Gasteiger partial charge in [-0.25, -0.2) is 4.79 Å². The molecule has 0 unspecified atom stereocenters. The van der Waals surface area contributed by atoms with Crippen molar-refractivity contribution in [3.63, 3.8) is 0 Å². The fourth-order valence-corrected chi connectivity index (χ4v) is 3.87. The third-order valence-electron chi connectivity index (χ3n) is 5.49.